The molecule has 2 N–H and O–H groups in total. The molecule has 1 fully saturated rings. The molecule has 0 spiro atoms. The third kappa shape index (κ3) is 4.29. The summed E-state index contributed by atoms with van der Waals surface area (Å²) in [4.78, 5) is 0. The Morgan fingerprint density at radius 2 is 2.06 bits per heavy atom. The average Bonchev–Trinajstić information content (AvgIpc) is 2.66. The van der Waals surface area contributed by atoms with Gasteiger partial charge in [0.1, 0.15) is 0 Å². The maximum atomic E-state index is 5.52. The van der Waals surface area contributed by atoms with Crippen LogP contribution in [0.1, 0.15) is 52.3 Å². The van der Waals surface area contributed by atoms with Crippen LogP contribution in [0, 0.1) is 5.92 Å². The first-order chi connectivity index (χ1) is 8.53. The molecule has 0 radical (unpaired) electrons. The lowest BCUT2D eigenvalue weighted by Crippen LogP contribution is -2.35. The molecule has 1 aromatic rings. The van der Waals surface area contributed by atoms with E-state index >= 15 is 0 Å². The van der Waals surface area contributed by atoms with Crippen LogP contribution in [-0.4, -0.2) is 22.3 Å². The van der Waals surface area contributed by atoms with E-state index in [1.54, 1.807) is 0 Å². The summed E-state index contributed by atoms with van der Waals surface area (Å²) in [7, 11) is 0. The number of hydrogen-bond acceptors (Lipinski definition) is 5. The van der Waals surface area contributed by atoms with Gasteiger partial charge in [-0.25, -0.2) is 0 Å². The van der Waals surface area contributed by atoms with E-state index in [0.29, 0.717) is 18.5 Å². The molecule has 5 heteroatoms. The zero-order valence-corrected chi connectivity index (χ0v) is 11.6. The number of nitrogens with zero attached hydrogens (tertiary/aromatic N) is 2. The molecule has 0 amide bonds. The van der Waals surface area contributed by atoms with Crippen molar-refractivity contribution < 1.29 is 4.42 Å². The van der Waals surface area contributed by atoms with Crippen molar-refractivity contribution in [2.45, 2.75) is 58.5 Å². The summed E-state index contributed by atoms with van der Waals surface area (Å²) >= 11 is 0. The fourth-order valence-corrected chi connectivity index (χ4v) is 1.90. The van der Waals surface area contributed by atoms with Gasteiger partial charge in [0.25, 0.3) is 0 Å². The third-order valence-electron chi connectivity index (χ3n) is 3.29. The lowest BCUT2D eigenvalue weighted by molar-refractivity contribution is 0.302. The molecule has 0 bridgehead atoms. The Kier molecular flexibility index (Phi) is 4.22. The summed E-state index contributed by atoms with van der Waals surface area (Å²) in [5.41, 5.74) is 0.0618. The van der Waals surface area contributed by atoms with E-state index in [-0.39, 0.29) is 5.54 Å². The van der Waals surface area contributed by atoms with Crippen LogP contribution in [0.25, 0.3) is 0 Å². The molecule has 0 aromatic carbocycles. The van der Waals surface area contributed by atoms with Gasteiger partial charge in [-0.05, 0) is 33.1 Å². The van der Waals surface area contributed by atoms with Crippen molar-refractivity contribution in [2.75, 3.05) is 11.9 Å². The molecule has 1 heterocycles. The van der Waals surface area contributed by atoms with Gasteiger partial charge in [-0.2, -0.15) is 0 Å². The van der Waals surface area contributed by atoms with Gasteiger partial charge in [0.05, 0.1) is 6.54 Å². The van der Waals surface area contributed by atoms with Gasteiger partial charge in [0, 0.05) is 12.1 Å². The fourth-order valence-electron chi connectivity index (χ4n) is 1.90. The van der Waals surface area contributed by atoms with Gasteiger partial charge in [-0.1, -0.05) is 24.4 Å². The molecule has 1 aromatic heterocycles. The van der Waals surface area contributed by atoms with Crippen LogP contribution in [0.4, 0.5) is 6.01 Å². The maximum absolute atomic E-state index is 5.52. The van der Waals surface area contributed by atoms with E-state index in [1.807, 2.05) is 0 Å². The van der Waals surface area contributed by atoms with Crippen LogP contribution >= 0.6 is 0 Å². The first-order valence-electron chi connectivity index (χ1n) is 6.84. The average molecular weight is 252 g/mol. The summed E-state index contributed by atoms with van der Waals surface area (Å²) in [5.74, 6) is 1.54. The van der Waals surface area contributed by atoms with Gasteiger partial charge < -0.3 is 15.1 Å². The van der Waals surface area contributed by atoms with E-state index in [2.05, 4.69) is 41.6 Å². The van der Waals surface area contributed by atoms with Gasteiger partial charge in [0.2, 0.25) is 5.89 Å². The number of hydrogen-bond donors (Lipinski definition) is 2. The highest BCUT2D eigenvalue weighted by Gasteiger charge is 2.17. The second kappa shape index (κ2) is 5.69. The van der Waals surface area contributed by atoms with Crippen LogP contribution in [0.2, 0.25) is 0 Å². The fraction of sp³-hybridized carbons (Fsp3) is 0.846. The van der Waals surface area contributed by atoms with E-state index < -0.39 is 0 Å². The highest BCUT2D eigenvalue weighted by molar-refractivity contribution is 5.16. The molecule has 1 aliphatic rings. The zero-order valence-electron chi connectivity index (χ0n) is 11.6. The maximum Gasteiger partial charge on any atom is 0.315 e. The van der Waals surface area contributed by atoms with E-state index in [4.69, 9.17) is 4.42 Å². The number of rotatable bonds is 6. The molecule has 5 nitrogen and oxygen atoms in total. The minimum atomic E-state index is 0.0618. The predicted octanol–water partition coefficient (Wildman–Crippen LogP) is 2.56. The summed E-state index contributed by atoms with van der Waals surface area (Å²) in [6, 6.07) is 0.542. The Balaban J connectivity index is 1.68. The lowest BCUT2D eigenvalue weighted by Gasteiger charge is -2.24. The Bertz CT molecular complexity index is 365. The molecule has 1 saturated carbocycles. The molecule has 2 rings (SSSR count). The van der Waals surface area contributed by atoms with Crippen LogP contribution in [0.15, 0.2) is 4.42 Å². The first kappa shape index (κ1) is 13.3. The van der Waals surface area contributed by atoms with Crippen molar-refractivity contribution in [2.24, 2.45) is 5.92 Å². The molecule has 0 atom stereocenters. The van der Waals surface area contributed by atoms with Crippen molar-refractivity contribution in [1.29, 1.82) is 0 Å². The van der Waals surface area contributed by atoms with E-state index in [0.717, 1.165) is 12.5 Å². The highest BCUT2D eigenvalue weighted by Crippen LogP contribution is 2.29. The summed E-state index contributed by atoms with van der Waals surface area (Å²) < 4.78 is 5.52. The Morgan fingerprint density at radius 3 is 2.67 bits per heavy atom. The molecular formula is C13H24N4O. The Hall–Kier alpha value is -1.10. The third-order valence-corrected chi connectivity index (χ3v) is 3.29. The van der Waals surface area contributed by atoms with Gasteiger partial charge in [-0.3, -0.25) is 0 Å². The smallest absolute Gasteiger partial charge is 0.315 e. The standard InChI is InChI=1S/C13H24N4O/c1-13(2,3)15-9-11-16-17-12(18-11)14-8-7-10-5-4-6-10/h10,15H,4-9H2,1-3H3,(H,14,17). The topological polar surface area (TPSA) is 63.0 Å². The van der Waals surface area contributed by atoms with Crippen molar-refractivity contribution in [3.05, 3.63) is 5.89 Å². The van der Waals surface area contributed by atoms with Crippen molar-refractivity contribution >= 4 is 6.01 Å². The summed E-state index contributed by atoms with van der Waals surface area (Å²) in [6.45, 7) is 7.88. The number of aromatic nitrogens is 2. The second-order valence-electron chi connectivity index (χ2n) is 6.12. The number of anilines is 1. The monoisotopic (exact) mass is 252 g/mol. The van der Waals surface area contributed by atoms with E-state index in [1.165, 1.54) is 25.7 Å². The minimum Gasteiger partial charge on any atom is -0.407 e. The van der Waals surface area contributed by atoms with Gasteiger partial charge in [0.15, 0.2) is 0 Å². The van der Waals surface area contributed by atoms with Crippen molar-refractivity contribution in [3.63, 3.8) is 0 Å². The Morgan fingerprint density at radius 1 is 1.28 bits per heavy atom. The summed E-state index contributed by atoms with van der Waals surface area (Å²) in [5, 5.41) is 14.5. The van der Waals surface area contributed by atoms with Gasteiger partial charge >= 0.3 is 6.01 Å². The molecular weight excluding hydrogens is 228 g/mol. The molecule has 0 saturated heterocycles. The second-order valence-corrected chi connectivity index (χ2v) is 6.12. The molecule has 0 aliphatic heterocycles. The molecule has 18 heavy (non-hydrogen) atoms. The summed E-state index contributed by atoms with van der Waals surface area (Å²) in [6.07, 6.45) is 5.37. The lowest BCUT2D eigenvalue weighted by atomic mass is 9.83. The van der Waals surface area contributed by atoms with Crippen LogP contribution < -0.4 is 10.6 Å². The Labute approximate surface area is 109 Å². The normalized spacial score (nSPS) is 16.6. The molecule has 0 unspecified atom stereocenters. The number of nitrogens with one attached hydrogen (secondary N) is 2. The zero-order chi connectivity index (χ0) is 13.0. The minimum absolute atomic E-state index is 0.0618. The molecule has 102 valence electrons. The van der Waals surface area contributed by atoms with Crippen molar-refractivity contribution in [3.8, 4) is 0 Å². The quantitative estimate of drug-likeness (QED) is 0.814. The SMILES string of the molecule is CC(C)(C)NCc1nnc(NCCC2CCC2)o1. The largest absolute Gasteiger partial charge is 0.407 e. The molecule has 1 aliphatic carbocycles. The van der Waals surface area contributed by atoms with E-state index in [9.17, 15) is 0 Å². The first-order valence-corrected chi connectivity index (χ1v) is 6.84. The van der Waals surface area contributed by atoms with Crippen LogP contribution in [-0.2, 0) is 6.54 Å². The van der Waals surface area contributed by atoms with Crippen molar-refractivity contribution in [1.82, 2.24) is 15.5 Å². The van der Waals surface area contributed by atoms with Crippen LogP contribution in [0.3, 0.4) is 0 Å². The van der Waals surface area contributed by atoms with Gasteiger partial charge in [-0.15, -0.1) is 5.10 Å². The van der Waals surface area contributed by atoms with Crippen LogP contribution in [0.5, 0.6) is 0 Å². The highest BCUT2D eigenvalue weighted by atomic mass is 16.4. The predicted molar refractivity (Wildman–Crippen MR) is 71.3 cm³/mol.